The fourth-order valence-electron chi connectivity index (χ4n) is 4.76. The molecule has 2 aliphatic heterocycles. The second kappa shape index (κ2) is 6.64. The summed E-state index contributed by atoms with van der Waals surface area (Å²) in [4.78, 5) is 8.69. The third-order valence-electron chi connectivity index (χ3n) is 5.43. The average molecular weight is 406 g/mol. The van der Waals surface area contributed by atoms with Gasteiger partial charge in [0.1, 0.15) is 12.4 Å². The molecule has 1 N–H and O–H groups in total. The monoisotopic (exact) mass is 405 g/mol. The molecule has 2 aliphatic rings. The molecule has 0 atom stereocenters. The molecule has 1 saturated heterocycles. The number of fused-ring (bicyclic) bond motifs is 3. The maximum absolute atomic E-state index is 6.13. The molecule has 2 aromatic rings. The molecule has 0 unspecified atom stereocenters. The number of anilines is 1. The highest BCUT2D eigenvalue weighted by atomic mass is 35.5. The quantitative estimate of drug-likeness (QED) is 0.732. The number of thiazole rings is 1. The molecule has 0 saturated carbocycles. The summed E-state index contributed by atoms with van der Waals surface area (Å²) in [5.74, 6) is 0.859. The van der Waals surface area contributed by atoms with Crippen molar-refractivity contribution in [1.29, 1.82) is 0 Å². The molecule has 3 heterocycles. The van der Waals surface area contributed by atoms with Crippen LogP contribution in [0.1, 0.15) is 53.2 Å². The van der Waals surface area contributed by atoms with E-state index in [1.807, 2.05) is 18.2 Å². The lowest BCUT2D eigenvalue weighted by atomic mass is 9.79. The van der Waals surface area contributed by atoms with Crippen LogP contribution in [0.4, 0.5) is 5.13 Å². The maximum atomic E-state index is 6.13. The second-order valence-corrected chi connectivity index (χ2v) is 10.4. The molecule has 4 rings (SSSR count). The molecule has 1 aromatic heterocycles. The van der Waals surface area contributed by atoms with Crippen molar-refractivity contribution in [2.75, 3.05) is 11.4 Å². The van der Waals surface area contributed by atoms with E-state index in [-0.39, 0.29) is 11.1 Å². The Kier molecular flexibility index (Phi) is 4.68. The molecule has 1 fully saturated rings. The lowest BCUT2D eigenvalue weighted by molar-refractivity contribution is 0.159. The Morgan fingerprint density at radius 3 is 2.63 bits per heavy atom. The van der Waals surface area contributed by atoms with Crippen LogP contribution in [0.5, 0.6) is 5.75 Å². The summed E-state index contributed by atoms with van der Waals surface area (Å²) < 4.78 is 5.90. The Morgan fingerprint density at radius 1 is 1.26 bits per heavy atom. The number of ether oxygens (including phenoxy) is 1. The molecular weight excluding hydrogens is 378 g/mol. The van der Waals surface area contributed by atoms with Gasteiger partial charge in [0.15, 0.2) is 5.13 Å². The van der Waals surface area contributed by atoms with Crippen LogP contribution in [0.3, 0.4) is 0 Å². The van der Waals surface area contributed by atoms with Gasteiger partial charge in [-0.15, -0.1) is 0 Å². The Morgan fingerprint density at radius 2 is 1.96 bits per heavy atom. The van der Waals surface area contributed by atoms with E-state index < -0.39 is 0 Å². The van der Waals surface area contributed by atoms with Gasteiger partial charge >= 0.3 is 0 Å². The van der Waals surface area contributed by atoms with Crippen LogP contribution in [0.25, 0.3) is 10.4 Å². The van der Waals surface area contributed by atoms with E-state index in [0.29, 0.717) is 17.7 Å². The van der Waals surface area contributed by atoms with Gasteiger partial charge in [-0.2, -0.15) is 0 Å². The number of hydrogen-bond donors (Lipinski definition) is 1. The minimum absolute atomic E-state index is 0.114. The third kappa shape index (κ3) is 3.69. The summed E-state index contributed by atoms with van der Waals surface area (Å²) in [6.45, 7) is 12.9. The van der Waals surface area contributed by atoms with Crippen LogP contribution < -0.4 is 15.0 Å². The second-order valence-electron chi connectivity index (χ2n) is 8.94. The molecule has 0 aliphatic carbocycles. The Hall–Kier alpha value is -1.30. The zero-order chi connectivity index (χ0) is 19.4. The summed E-state index contributed by atoms with van der Waals surface area (Å²) in [6.07, 6.45) is 2.22. The fraction of sp³-hybridized carbons (Fsp3) is 0.571. The number of hydrogen-bond acceptors (Lipinski definition) is 5. The van der Waals surface area contributed by atoms with Gasteiger partial charge in [-0.1, -0.05) is 22.9 Å². The predicted molar refractivity (Wildman–Crippen MR) is 114 cm³/mol. The van der Waals surface area contributed by atoms with Gasteiger partial charge in [0.25, 0.3) is 0 Å². The number of piperidine rings is 1. The van der Waals surface area contributed by atoms with Crippen molar-refractivity contribution < 1.29 is 4.74 Å². The number of rotatable bonds is 3. The van der Waals surface area contributed by atoms with Crippen LogP contribution in [0.2, 0.25) is 5.02 Å². The standard InChI is InChI=1S/C21H28ClN3OS/c1-6-25(14-10-20(2,3)24-21(4,5)11-14)19-23-16-12-26-17-9-13(22)7-8-15(17)18(16)27-19/h7-9,14,24H,6,10-12H2,1-5H3. The first kappa shape index (κ1) is 19.0. The minimum atomic E-state index is 0.114. The molecule has 6 heteroatoms. The number of nitrogens with one attached hydrogen (secondary N) is 1. The highest BCUT2D eigenvalue weighted by molar-refractivity contribution is 7.19. The highest BCUT2D eigenvalue weighted by Crippen LogP contribution is 2.45. The number of benzene rings is 1. The van der Waals surface area contributed by atoms with Crippen LogP contribution in [-0.4, -0.2) is 28.6 Å². The molecule has 0 spiro atoms. The van der Waals surface area contributed by atoms with E-state index in [1.165, 1.54) is 4.88 Å². The lowest BCUT2D eigenvalue weighted by Crippen LogP contribution is -2.62. The van der Waals surface area contributed by atoms with E-state index in [9.17, 15) is 0 Å². The molecule has 4 nitrogen and oxygen atoms in total. The lowest BCUT2D eigenvalue weighted by Gasteiger charge is -2.49. The van der Waals surface area contributed by atoms with Crippen LogP contribution in [-0.2, 0) is 6.61 Å². The van der Waals surface area contributed by atoms with Crippen LogP contribution in [0, 0.1) is 0 Å². The first-order valence-corrected chi connectivity index (χ1v) is 10.9. The zero-order valence-corrected chi connectivity index (χ0v) is 18.3. The summed E-state index contributed by atoms with van der Waals surface area (Å²) in [5.41, 5.74) is 2.37. The Bertz CT molecular complexity index is 845. The maximum Gasteiger partial charge on any atom is 0.186 e. The normalized spacial score (nSPS) is 20.5. The Labute approximate surface area is 170 Å². The van der Waals surface area contributed by atoms with E-state index in [2.05, 4.69) is 44.8 Å². The topological polar surface area (TPSA) is 37.4 Å². The van der Waals surface area contributed by atoms with Gasteiger partial charge in [-0.25, -0.2) is 4.98 Å². The summed E-state index contributed by atoms with van der Waals surface area (Å²) in [6, 6.07) is 6.34. The van der Waals surface area contributed by atoms with Crippen molar-refractivity contribution in [2.24, 2.45) is 0 Å². The van der Waals surface area contributed by atoms with Crippen LogP contribution in [0.15, 0.2) is 18.2 Å². The number of nitrogens with zero attached hydrogens (tertiary/aromatic N) is 2. The zero-order valence-electron chi connectivity index (χ0n) is 16.7. The molecule has 146 valence electrons. The van der Waals surface area contributed by atoms with Crippen molar-refractivity contribution in [3.8, 4) is 16.2 Å². The molecule has 1 aromatic carbocycles. The fourth-order valence-corrected chi connectivity index (χ4v) is 6.15. The molecule has 0 bridgehead atoms. The smallest absolute Gasteiger partial charge is 0.186 e. The van der Waals surface area contributed by atoms with Gasteiger partial charge in [0, 0.05) is 34.3 Å². The van der Waals surface area contributed by atoms with Gasteiger partial charge in [-0.3, -0.25) is 0 Å². The van der Waals surface area contributed by atoms with Crippen molar-refractivity contribution in [2.45, 2.75) is 71.2 Å². The molecule has 0 radical (unpaired) electrons. The largest absolute Gasteiger partial charge is 0.487 e. The average Bonchev–Trinajstić information content (AvgIpc) is 2.96. The molecule has 0 amide bonds. The van der Waals surface area contributed by atoms with Crippen LogP contribution >= 0.6 is 22.9 Å². The van der Waals surface area contributed by atoms with Crippen molar-refractivity contribution in [1.82, 2.24) is 10.3 Å². The van der Waals surface area contributed by atoms with Gasteiger partial charge < -0.3 is 15.0 Å². The van der Waals surface area contributed by atoms with E-state index in [0.717, 1.165) is 41.5 Å². The Balaban J connectivity index is 1.68. The SMILES string of the molecule is CCN(c1nc2c(s1)-c1ccc(Cl)cc1OC2)C1CC(C)(C)NC(C)(C)C1. The van der Waals surface area contributed by atoms with E-state index in [1.54, 1.807) is 11.3 Å². The number of halogens is 1. The summed E-state index contributed by atoms with van der Waals surface area (Å²) in [7, 11) is 0. The van der Waals surface area contributed by atoms with Gasteiger partial charge in [0.2, 0.25) is 0 Å². The van der Waals surface area contributed by atoms with E-state index in [4.69, 9.17) is 21.3 Å². The number of aromatic nitrogens is 1. The summed E-state index contributed by atoms with van der Waals surface area (Å²) >= 11 is 7.91. The van der Waals surface area contributed by atoms with E-state index >= 15 is 0 Å². The van der Waals surface area contributed by atoms with Gasteiger partial charge in [0.05, 0.1) is 10.6 Å². The molecule has 27 heavy (non-hydrogen) atoms. The predicted octanol–water partition coefficient (Wildman–Crippen LogP) is 5.49. The van der Waals surface area contributed by atoms with Crippen molar-refractivity contribution >= 4 is 28.1 Å². The highest BCUT2D eigenvalue weighted by Gasteiger charge is 2.40. The first-order valence-electron chi connectivity index (χ1n) is 9.66. The molecular formula is C21H28ClN3OS. The third-order valence-corrected chi connectivity index (χ3v) is 6.84. The van der Waals surface area contributed by atoms with Gasteiger partial charge in [-0.05, 0) is 65.7 Å². The first-order chi connectivity index (χ1) is 12.7. The van der Waals surface area contributed by atoms with Crippen molar-refractivity contribution in [3.63, 3.8) is 0 Å². The summed E-state index contributed by atoms with van der Waals surface area (Å²) in [5, 5.41) is 5.59. The van der Waals surface area contributed by atoms with Crippen molar-refractivity contribution in [3.05, 3.63) is 28.9 Å². The minimum Gasteiger partial charge on any atom is -0.487 e.